The summed E-state index contributed by atoms with van der Waals surface area (Å²) < 4.78 is 4.90. The molecule has 0 aromatic heterocycles. The second kappa shape index (κ2) is 9.76. The van der Waals surface area contributed by atoms with Crippen molar-refractivity contribution in [1.82, 2.24) is 0 Å². The van der Waals surface area contributed by atoms with Crippen LogP contribution in [0, 0.1) is 0 Å². The van der Waals surface area contributed by atoms with E-state index in [2.05, 4.69) is 13.2 Å². The Balaban J connectivity index is 0.000000399. The minimum Gasteiger partial charge on any atom is -0.505 e. The van der Waals surface area contributed by atoms with Gasteiger partial charge in [0.15, 0.2) is 5.75 Å². The third-order valence-corrected chi connectivity index (χ3v) is 3.91. The normalized spacial score (nSPS) is 9.53. The van der Waals surface area contributed by atoms with E-state index in [9.17, 15) is 5.11 Å². The van der Waals surface area contributed by atoms with Crippen LogP contribution in [-0.2, 0) is 4.74 Å². The Kier molecular flexibility index (Phi) is 9.71. The summed E-state index contributed by atoms with van der Waals surface area (Å²) in [6.45, 7) is 8.18. The van der Waals surface area contributed by atoms with Crippen LogP contribution in [0.15, 0.2) is 25.3 Å². The fourth-order valence-corrected chi connectivity index (χ4v) is 1.96. The van der Waals surface area contributed by atoms with Crippen LogP contribution in [0.1, 0.15) is 0 Å². The molecule has 0 fully saturated rings. The predicted octanol–water partition coefficient (Wildman–Crippen LogP) is 6.03. The molecule has 0 heterocycles. The monoisotopic (exact) mass is 362 g/mol. The highest BCUT2D eigenvalue weighted by Crippen LogP contribution is 2.47. The molecule has 0 radical (unpaired) electrons. The van der Waals surface area contributed by atoms with Crippen LogP contribution in [0.5, 0.6) is 5.75 Å². The minimum absolute atomic E-state index is 0.00904. The highest BCUT2D eigenvalue weighted by molar-refractivity contribution is 6.55. The van der Waals surface area contributed by atoms with Crippen molar-refractivity contribution in [3.05, 3.63) is 50.4 Å². The smallest absolute Gasteiger partial charge is 0.155 e. The van der Waals surface area contributed by atoms with Crippen molar-refractivity contribution in [3.63, 3.8) is 0 Å². The standard InChI is InChI=1S/C6HCl5O.C6H10O/c7-1-2(8)4(10)6(12)5(11)3(1)9;1-3-5-7-6-4-2/h12H;3-4H,1-2,5-6H2. The molecule has 0 saturated heterocycles. The van der Waals surface area contributed by atoms with Gasteiger partial charge in [-0.2, -0.15) is 0 Å². The van der Waals surface area contributed by atoms with Crippen LogP contribution in [0.2, 0.25) is 25.1 Å². The Morgan fingerprint density at radius 1 is 0.789 bits per heavy atom. The Bertz CT molecular complexity index is 347. The lowest BCUT2D eigenvalue weighted by Gasteiger charge is -2.06. The Morgan fingerprint density at radius 3 is 1.42 bits per heavy atom. The average Bonchev–Trinajstić information content (AvgIpc) is 2.42. The van der Waals surface area contributed by atoms with Crippen molar-refractivity contribution >= 4 is 58.0 Å². The largest absolute Gasteiger partial charge is 0.505 e. The van der Waals surface area contributed by atoms with Gasteiger partial charge in [-0.05, 0) is 0 Å². The maximum Gasteiger partial charge on any atom is 0.155 e. The third kappa shape index (κ3) is 5.82. The average molecular weight is 364 g/mol. The van der Waals surface area contributed by atoms with Crippen molar-refractivity contribution in [1.29, 1.82) is 0 Å². The number of benzene rings is 1. The SMILES string of the molecule is C=CCOCC=C.Oc1c(Cl)c(Cl)c(Cl)c(Cl)c1Cl. The molecule has 1 aromatic carbocycles. The van der Waals surface area contributed by atoms with Gasteiger partial charge in [-0.3, -0.25) is 0 Å². The molecule has 1 N–H and O–H groups in total. The van der Waals surface area contributed by atoms with Gasteiger partial charge in [0.2, 0.25) is 0 Å². The fraction of sp³-hybridized carbons (Fsp3) is 0.167. The van der Waals surface area contributed by atoms with Gasteiger partial charge < -0.3 is 9.84 Å². The summed E-state index contributed by atoms with van der Waals surface area (Å²) in [5.41, 5.74) is 0. The maximum atomic E-state index is 9.20. The van der Waals surface area contributed by atoms with E-state index in [1.165, 1.54) is 0 Å². The highest BCUT2D eigenvalue weighted by Gasteiger charge is 2.18. The zero-order valence-electron chi connectivity index (χ0n) is 9.73. The first kappa shape index (κ1) is 18.9. The lowest BCUT2D eigenvalue weighted by Crippen LogP contribution is -1.87. The number of phenolic OH excluding ortho intramolecular Hbond substituents is 1. The minimum atomic E-state index is -0.363. The van der Waals surface area contributed by atoms with Crippen LogP contribution in [0.4, 0.5) is 0 Å². The van der Waals surface area contributed by atoms with Crippen LogP contribution in [0.3, 0.4) is 0 Å². The number of halogens is 5. The molecule has 106 valence electrons. The quantitative estimate of drug-likeness (QED) is 0.306. The summed E-state index contributed by atoms with van der Waals surface area (Å²) >= 11 is 27.9. The van der Waals surface area contributed by atoms with Crippen LogP contribution in [-0.4, -0.2) is 18.3 Å². The van der Waals surface area contributed by atoms with Gasteiger partial charge in [0.25, 0.3) is 0 Å². The Morgan fingerprint density at radius 2 is 1.11 bits per heavy atom. The zero-order chi connectivity index (χ0) is 15.0. The van der Waals surface area contributed by atoms with Gasteiger partial charge >= 0.3 is 0 Å². The maximum absolute atomic E-state index is 9.20. The molecule has 0 aliphatic heterocycles. The molecule has 0 amide bonds. The molecule has 2 nitrogen and oxygen atoms in total. The summed E-state index contributed by atoms with van der Waals surface area (Å²) in [5.74, 6) is -0.363. The van der Waals surface area contributed by atoms with E-state index < -0.39 is 0 Å². The lowest BCUT2D eigenvalue weighted by molar-refractivity contribution is 0.194. The third-order valence-electron chi connectivity index (χ3n) is 1.66. The Labute approximate surface area is 137 Å². The van der Waals surface area contributed by atoms with Gasteiger partial charge in [-0.15, -0.1) is 13.2 Å². The number of phenols is 1. The van der Waals surface area contributed by atoms with Crippen LogP contribution < -0.4 is 0 Å². The molecule has 1 aromatic rings. The number of hydrogen-bond acceptors (Lipinski definition) is 2. The molecular formula is C12H11Cl5O2. The van der Waals surface area contributed by atoms with E-state index in [0.717, 1.165) is 0 Å². The molecule has 0 bridgehead atoms. The number of aromatic hydroxyl groups is 1. The van der Waals surface area contributed by atoms with Crippen molar-refractivity contribution in [2.45, 2.75) is 0 Å². The summed E-state index contributed by atoms with van der Waals surface area (Å²) in [7, 11) is 0. The number of ether oxygens (including phenoxy) is 1. The van der Waals surface area contributed by atoms with E-state index in [-0.39, 0.29) is 30.9 Å². The first-order valence-electron chi connectivity index (χ1n) is 4.88. The van der Waals surface area contributed by atoms with Crippen molar-refractivity contribution in [2.24, 2.45) is 0 Å². The molecule has 1 rings (SSSR count). The van der Waals surface area contributed by atoms with Gasteiger partial charge in [-0.1, -0.05) is 70.2 Å². The molecule has 0 spiro atoms. The molecule has 0 saturated carbocycles. The highest BCUT2D eigenvalue weighted by atomic mass is 35.5. The number of hydrogen-bond donors (Lipinski definition) is 1. The van der Waals surface area contributed by atoms with E-state index >= 15 is 0 Å². The number of rotatable bonds is 4. The van der Waals surface area contributed by atoms with E-state index in [0.29, 0.717) is 13.2 Å². The molecule has 0 aliphatic rings. The molecular weight excluding hydrogens is 353 g/mol. The first-order chi connectivity index (χ1) is 8.88. The van der Waals surface area contributed by atoms with Crippen molar-refractivity contribution in [3.8, 4) is 5.75 Å². The summed E-state index contributed by atoms with van der Waals surface area (Å²) in [5, 5.41) is 9.01. The first-order valence-corrected chi connectivity index (χ1v) is 6.77. The summed E-state index contributed by atoms with van der Waals surface area (Å²) in [4.78, 5) is 0. The van der Waals surface area contributed by atoms with Crippen molar-refractivity contribution in [2.75, 3.05) is 13.2 Å². The van der Waals surface area contributed by atoms with E-state index in [1.807, 2.05) is 0 Å². The molecule has 0 atom stereocenters. The van der Waals surface area contributed by atoms with Crippen LogP contribution in [0.25, 0.3) is 0 Å². The van der Waals surface area contributed by atoms with E-state index in [1.54, 1.807) is 12.2 Å². The lowest BCUT2D eigenvalue weighted by atomic mass is 10.3. The van der Waals surface area contributed by atoms with Gasteiger partial charge in [0.05, 0.1) is 28.3 Å². The van der Waals surface area contributed by atoms with Crippen LogP contribution >= 0.6 is 58.0 Å². The van der Waals surface area contributed by atoms with Gasteiger partial charge in [-0.25, -0.2) is 0 Å². The fourth-order valence-electron chi connectivity index (χ4n) is 0.828. The van der Waals surface area contributed by atoms with E-state index in [4.69, 9.17) is 62.7 Å². The molecule has 0 aliphatic carbocycles. The second-order valence-electron chi connectivity index (χ2n) is 3.03. The Hall–Kier alpha value is -0.0900. The topological polar surface area (TPSA) is 29.5 Å². The predicted molar refractivity (Wildman–Crippen MR) is 84.4 cm³/mol. The molecule has 0 unspecified atom stereocenters. The van der Waals surface area contributed by atoms with Gasteiger partial charge in [0.1, 0.15) is 10.0 Å². The summed E-state index contributed by atoms with van der Waals surface area (Å²) in [6.07, 6.45) is 3.42. The molecule has 19 heavy (non-hydrogen) atoms. The van der Waals surface area contributed by atoms with Crippen molar-refractivity contribution < 1.29 is 9.84 Å². The van der Waals surface area contributed by atoms with Gasteiger partial charge in [0, 0.05) is 0 Å². The second-order valence-corrected chi connectivity index (χ2v) is 4.92. The summed E-state index contributed by atoms with van der Waals surface area (Å²) in [6, 6.07) is 0. The molecule has 7 heteroatoms. The zero-order valence-corrected chi connectivity index (χ0v) is 13.5.